The molecule has 0 bridgehead atoms. The van der Waals surface area contributed by atoms with Crippen molar-refractivity contribution in [1.29, 1.82) is 0 Å². The third-order valence-corrected chi connectivity index (χ3v) is 5.50. The minimum atomic E-state index is -0.586. The van der Waals surface area contributed by atoms with Crippen molar-refractivity contribution in [2.45, 2.75) is 56.8 Å². The molecule has 27 heavy (non-hydrogen) atoms. The van der Waals surface area contributed by atoms with Crippen LogP contribution in [0.25, 0.3) is 0 Å². The SMILES string of the molecule is CCNC(=O)[C@@H]1C[C@H](SCc2ccc(OC)cc2)CN1C(=O)OC(C)(C)C. The lowest BCUT2D eigenvalue weighted by molar-refractivity contribution is -0.125. The first-order valence-electron chi connectivity index (χ1n) is 9.25. The van der Waals surface area contributed by atoms with Crippen LogP contribution in [-0.2, 0) is 15.3 Å². The second-order valence-corrected chi connectivity index (χ2v) is 8.85. The fourth-order valence-electron chi connectivity index (χ4n) is 2.92. The number of hydrogen-bond donors (Lipinski definition) is 1. The van der Waals surface area contributed by atoms with E-state index in [2.05, 4.69) is 5.32 Å². The van der Waals surface area contributed by atoms with E-state index >= 15 is 0 Å². The lowest BCUT2D eigenvalue weighted by Gasteiger charge is -2.27. The molecular formula is C20H30N2O4S. The Bertz CT molecular complexity index is 642. The van der Waals surface area contributed by atoms with Crippen molar-refractivity contribution in [3.63, 3.8) is 0 Å². The fraction of sp³-hybridized carbons (Fsp3) is 0.600. The summed E-state index contributed by atoms with van der Waals surface area (Å²) in [6, 6.07) is 7.47. The highest BCUT2D eigenvalue weighted by molar-refractivity contribution is 7.99. The highest BCUT2D eigenvalue weighted by Gasteiger charge is 2.41. The second kappa shape index (κ2) is 9.35. The zero-order valence-electron chi connectivity index (χ0n) is 16.8. The standard InChI is InChI=1S/C20H30N2O4S/c1-6-21-18(23)17-11-16(12-22(17)19(24)26-20(2,3)4)27-13-14-7-9-15(25-5)10-8-14/h7-10,16-17H,6,11-13H2,1-5H3,(H,21,23)/t16-,17-/m0/s1. The van der Waals surface area contributed by atoms with E-state index in [-0.39, 0.29) is 11.2 Å². The number of rotatable bonds is 6. The van der Waals surface area contributed by atoms with Gasteiger partial charge in [-0.3, -0.25) is 9.69 Å². The summed E-state index contributed by atoms with van der Waals surface area (Å²) >= 11 is 1.76. The molecule has 1 saturated heterocycles. The van der Waals surface area contributed by atoms with Crippen molar-refractivity contribution in [3.05, 3.63) is 29.8 Å². The third-order valence-electron chi connectivity index (χ3n) is 4.19. The number of nitrogens with one attached hydrogen (secondary N) is 1. The Kier molecular flexibility index (Phi) is 7.41. The molecule has 1 aliphatic rings. The number of likely N-dealkylation sites (tertiary alicyclic amines) is 1. The Balaban J connectivity index is 2.01. The van der Waals surface area contributed by atoms with Crippen LogP contribution in [-0.4, -0.2) is 54.0 Å². The first kappa shape index (κ1) is 21.4. The molecular weight excluding hydrogens is 364 g/mol. The monoisotopic (exact) mass is 394 g/mol. The van der Waals surface area contributed by atoms with Crippen LogP contribution in [0.4, 0.5) is 4.79 Å². The summed E-state index contributed by atoms with van der Waals surface area (Å²) in [5.74, 6) is 1.53. The maximum absolute atomic E-state index is 12.6. The molecule has 1 heterocycles. The van der Waals surface area contributed by atoms with Crippen molar-refractivity contribution in [2.75, 3.05) is 20.2 Å². The smallest absolute Gasteiger partial charge is 0.411 e. The van der Waals surface area contributed by atoms with Gasteiger partial charge in [0.2, 0.25) is 5.91 Å². The lowest BCUT2D eigenvalue weighted by Crippen LogP contribution is -2.47. The van der Waals surface area contributed by atoms with E-state index in [0.29, 0.717) is 19.5 Å². The Labute approximate surface area is 166 Å². The van der Waals surface area contributed by atoms with Gasteiger partial charge in [-0.15, -0.1) is 0 Å². The van der Waals surface area contributed by atoms with Gasteiger partial charge < -0.3 is 14.8 Å². The number of ether oxygens (including phenoxy) is 2. The van der Waals surface area contributed by atoms with Gasteiger partial charge in [0.15, 0.2) is 0 Å². The summed E-state index contributed by atoms with van der Waals surface area (Å²) in [5, 5.41) is 3.02. The van der Waals surface area contributed by atoms with Crippen LogP contribution in [0.5, 0.6) is 5.75 Å². The molecule has 0 aromatic heterocycles. The molecule has 0 unspecified atom stereocenters. The molecule has 1 aromatic rings. The molecule has 0 radical (unpaired) electrons. The molecule has 150 valence electrons. The Morgan fingerprint density at radius 1 is 1.26 bits per heavy atom. The van der Waals surface area contributed by atoms with Crippen molar-refractivity contribution >= 4 is 23.8 Å². The highest BCUT2D eigenvalue weighted by atomic mass is 32.2. The van der Waals surface area contributed by atoms with E-state index < -0.39 is 17.7 Å². The van der Waals surface area contributed by atoms with Crippen molar-refractivity contribution < 1.29 is 19.1 Å². The van der Waals surface area contributed by atoms with Crippen LogP contribution >= 0.6 is 11.8 Å². The fourth-order valence-corrected chi connectivity index (χ4v) is 4.12. The summed E-state index contributed by atoms with van der Waals surface area (Å²) in [7, 11) is 1.65. The maximum Gasteiger partial charge on any atom is 0.411 e. The molecule has 0 saturated carbocycles. The quantitative estimate of drug-likeness (QED) is 0.800. The van der Waals surface area contributed by atoms with Crippen molar-refractivity contribution in [3.8, 4) is 5.75 Å². The Morgan fingerprint density at radius 3 is 2.48 bits per heavy atom. The molecule has 2 atom stereocenters. The zero-order valence-corrected chi connectivity index (χ0v) is 17.6. The largest absolute Gasteiger partial charge is 0.497 e. The second-order valence-electron chi connectivity index (χ2n) is 7.56. The summed E-state index contributed by atoms with van der Waals surface area (Å²) in [6.07, 6.45) is 0.206. The van der Waals surface area contributed by atoms with Crippen molar-refractivity contribution in [2.24, 2.45) is 0 Å². The summed E-state index contributed by atoms with van der Waals surface area (Å²) in [6.45, 7) is 8.42. The van der Waals surface area contributed by atoms with Crippen LogP contribution in [0.2, 0.25) is 0 Å². The molecule has 1 fully saturated rings. The highest BCUT2D eigenvalue weighted by Crippen LogP contribution is 2.31. The number of thioether (sulfide) groups is 1. The number of methoxy groups -OCH3 is 1. The van der Waals surface area contributed by atoms with E-state index in [1.54, 1.807) is 23.8 Å². The number of likely N-dealkylation sites (N-methyl/N-ethyl adjacent to an activating group) is 1. The Morgan fingerprint density at radius 2 is 1.93 bits per heavy atom. The maximum atomic E-state index is 12.6. The van der Waals surface area contributed by atoms with Gasteiger partial charge in [-0.05, 0) is 51.8 Å². The van der Waals surface area contributed by atoms with Gasteiger partial charge in [0.05, 0.1) is 7.11 Å². The number of amides is 2. The molecule has 2 amide bonds. The van der Waals surface area contributed by atoms with E-state index in [1.165, 1.54) is 5.56 Å². The lowest BCUT2D eigenvalue weighted by atomic mass is 10.2. The molecule has 2 rings (SSSR count). The van der Waals surface area contributed by atoms with E-state index in [9.17, 15) is 9.59 Å². The summed E-state index contributed by atoms with van der Waals surface area (Å²) in [4.78, 5) is 26.6. The average molecular weight is 395 g/mol. The predicted octanol–water partition coefficient (Wildman–Crippen LogP) is 3.44. The number of benzene rings is 1. The third kappa shape index (κ3) is 6.34. The van der Waals surface area contributed by atoms with Gasteiger partial charge in [0.25, 0.3) is 0 Å². The van der Waals surface area contributed by atoms with Gasteiger partial charge in [0.1, 0.15) is 17.4 Å². The van der Waals surface area contributed by atoms with Crippen LogP contribution in [0.3, 0.4) is 0 Å². The first-order valence-corrected chi connectivity index (χ1v) is 10.3. The van der Waals surface area contributed by atoms with Crippen LogP contribution in [0, 0.1) is 0 Å². The number of carbonyl (C=O) groups excluding carboxylic acids is 2. The predicted molar refractivity (Wildman–Crippen MR) is 108 cm³/mol. The topological polar surface area (TPSA) is 67.9 Å². The molecule has 7 heteroatoms. The summed E-state index contributed by atoms with van der Waals surface area (Å²) in [5.41, 5.74) is 0.600. The van der Waals surface area contributed by atoms with Gasteiger partial charge in [-0.2, -0.15) is 11.8 Å². The molecule has 1 aliphatic heterocycles. The average Bonchev–Trinajstić information content (AvgIpc) is 3.04. The molecule has 0 aliphatic carbocycles. The van der Waals surface area contributed by atoms with Crippen LogP contribution in [0.1, 0.15) is 39.7 Å². The normalized spacial score (nSPS) is 19.7. The van der Waals surface area contributed by atoms with E-state index in [0.717, 1.165) is 11.5 Å². The van der Waals surface area contributed by atoms with E-state index in [4.69, 9.17) is 9.47 Å². The minimum Gasteiger partial charge on any atom is -0.497 e. The van der Waals surface area contributed by atoms with Gasteiger partial charge in [0, 0.05) is 24.1 Å². The number of carbonyl (C=O) groups is 2. The summed E-state index contributed by atoms with van der Waals surface area (Å²) < 4.78 is 10.7. The molecule has 6 nitrogen and oxygen atoms in total. The van der Waals surface area contributed by atoms with E-state index in [1.807, 2.05) is 52.0 Å². The number of nitrogens with zero attached hydrogens (tertiary/aromatic N) is 1. The van der Waals surface area contributed by atoms with Crippen LogP contribution < -0.4 is 10.1 Å². The number of hydrogen-bond acceptors (Lipinski definition) is 5. The Hall–Kier alpha value is -1.89. The molecule has 1 aromatic carbocycles. The van der Waals surface area contributed by atoms with Crippen molar-refractivity contribution in [1.82, 2.24) is 10.2 Å². The molecule has 0 spiro atoms. The minimum absolute atomic E-state index is 0.115. The van der Waals surface area contributed by atoms with Gasteiger partial charge in [-0.25, -0.2) is 4.79 Å². The zero-order chi connectivity index (χ0) is 20.0. The van der Waals surface area contributed by atoms with Gasteiger partial charge >= 0.3 is 6.09 Å². The first-order chi connectivity index (χ1) is 12.7. The molecule has 1 N–H and O–H groups in total. The van der Waals surface area contributed by atoms with Crippen LogP contribution in [0.15, 0.2) is 24.3 Å². The van der Waals surface area contributed by atoms with Gasteiger partial charge in [-0.1, -0.05) is 12.1 Å².